The van der Waals surface area contributed by atoms with Crippen molar-refractivity contribution in [3.8, 4) is 6.07 Å². The third-order valence-electron chi connectivity index (χ3n) is 4.69. The van der Waals surface area contributed by atoms with Crippen molar-refractivity contribution >= 4 is 17.4 Å². The number of alkyl halides is 2. The zero-order valence-electron chi connectivity index (χ0n) is 13.0. The summed E-state index contributed by atoms with van der Waals surface area (Å²) in [4.78, 5) is 10.6. The number of aliphatic imine (C=N–C) groups is 1. The molecule has 1 aromatic heterocycles. The number of fused-ring (bicyclic) bond motifs is 3. The molecule has 0 saturated carbocycles. The van der Waals surface area contributed by atoms with Gasteiger partial charge in [0.2, 0.25) is 0 Å². The van der Waals surface area contributed by atoms with Crippen LogP contribution in [0, 0.1) is 11.3 Å². The number of halogens is 3. The second-order valence-electron chi connectivity index (χ2n) is 6.16. The van der Waals surface area contributed by atoms with Crippen LogP contribution in [0.5, 0.6) is 0 Å². The van der Waals surface area contributed by atoms with E-state index in [4.69, 9.17) is 21.9 Å². The van der Waals surface area contributed by atoms with Gasteiger partial charge in [0.05, 0.1) is 12.1 Å². The van der Waals surface area contributed by atoms with Gasteiger partial charge < -0.3 is 9.64 Å². The van der Waals surface area contributed by atoms with Crippen LogP contribution >= 0.6 is 11.6 Å². The van der Waals surface area contributed by atoms with E-state index in [9.17, 15) is 8.78 Å². The van der Waals surface area contributed by atoms with E-state index in [1.54, 1.807) is 17.3 Å². The SMILES string of the molecule is N#CC1=CN2C[C@@]3(CCCc4c3ccnc4Cl)N=C2C(OC(F)F)=C1. The van der Waals surface area contributed by atoms with Gasteiger partial charge in [-0.05, 0) is 36.5 Å². The maximum atomic E-state index is 12.8. The van der Waals surface area contributed by atoms with Crippen molar-refractivity contribution in [1.82, 2.24) is 9.88 Å². The van der Waals surface area contributed by atoms with E-state index >= 15 is 0 Å². The first-order chi connectivity index (χ1) is 12.0. The molecule has 0 aromatic carbocycles. The number of rotatable bonds is 2. The van der Waals surface area contributed by atoms with Gasteiger partial charge in [0.1, 0.15) is 16.8 Å². The smallest absolute Gasteiger partial charge is 0.387 e. The molecule has 0 radical (unpaired) electrons. The Balaban J connectivity index is 1.82. The van der Waals surface area contributed by atoms with Gasteiger partial charge in [0.25, 0.3) is 0 Å². The molecule has 1 aliphatic carbocycles. The van der Waals surface area contributed by atoms with Gasteiger partial charge in [-0.25, -0.2) is 4.98 Å². The Morgan fingerprint density at radius 1 is 1.44 bits per heavy atom. The molecule has 0 bridgehead atoms. The minimum atomic E-state index is -2.98. The summed E-state index contributed by atoms with van der Waals surface area (Å²) in [5.74, 6) is 0.235. The van der Waals surface area contributed by atoms with Crippen molar-refractivity contribution < 1.29 is 13.5 Å². The summed E-state index contributed by atoms with van der Waals surface area (Å²) in [6.45, 7) is -2.53. The van der Waals surface area contributed by atoms with Crippen LogP contribution in [0.3, 0.4) is 0 Å². The van der Waals surface area contributed by atoms with Gasteiger partial charge in [-0.3, -0.25) is 4.99 Å². The molecule has 0 unspecified atom stereocenters. The van der Waals surface area contributed by atoms with Gasteiger partial charge in [0, 0.05) is 18.5 Å². The molecule has 2 aliphatic heterocycles. The number of allylic oxidation sites excluding steroid dienone is 2. The number of hydrogen-bond acceptors (Lipinski definition) is 5. The molecule has 4 rings (SSSR count). The monoisotopic (exact) mass is 362 g/mol. The van der Waals surface area contributed by atoms with Crippen LogP contribution in [0.25, 0.3) is 0 Å². The molecule has 0 N–H and O–H groups in total. The highest BCUT2D eigenvalue weighted by Crippen LogP contribution is 2.45. The van der Waals surface area contributed by atoms with Gasteiger partial charge >= 0.3 is 6.61 Å². The fourth-order valence-electron chi connectivity index (χ4n) is 3.73. The van der Waals surface area contributed by atoms with Crippen molar-refractivity contribution in [2.75, 3.05) is 6.54 Å². The van der Waals surface area contributed by atoms with Crippen molar-refractivity contribution in [3.05, 3.63) is 52.2 Å². The maximum absolute atomic E-state index is 12.8. The average Bonchev–Trinajstić information content (AvgIpc) is 2.94. The van der Waals surface area contributed by atoms with Gasteiger partial charge in [0.15, 0.2) is 11.6 Å². The van der Waals surface area contributed by atoms with Crippen LogP contribution in [0.2, 0.25) is 5.15 Å². The van der Waals surface area contributed by atoms with Crippen LogP contribution in [0.15, 0.2) is 40.9 Å². The molecule has 0 saturated heterocycles. The summed E-state index contributed by atoms with van der Waals surface area (Å²) in [6, 6.07) is 3.86. The minimum absolute atomic E-state index is 0.0850. The molecule has 3 aliphatic rings. The molecule has 8 heteroatoms. The molecule has 1 atom stereocenters. The number of nitrogens with zero attached hydrogens (tertiary/aromatic N) is 4. The molecule has 3 heterocycles. The molecule has 0 fully saturated rings. The first-order valence-corrected chi connectivity index (χ1v) is 8.19. The quantitative estimate of drug-likeness (QED) is 0.755. The molecule has 1 aromatic rings. The second-order valence-corrected chi connectivity index (χ2v) is 6.52. The largest absolute Gasteiger partial charge is 0.431 e. The number of aromatic nitrogens is 1. The topological polar surface area (TPSA) is 61.5 Å². The fraction of sp³-hybridized carbons (Fsp3) is 0.353. The van der Waals surface area contributed by atoms with E-state index in [0.29, 0.717) is 17.5 Å². The third-order valence-corrected chi connectivity index (χ3v) is 5.02. The Labute approximate surface area is 147 Å². The lowest BCUT2D eigenvalue weighted by atomic mass is 9.78. The van der Waals surface area contributed by atoms with E-state index in [2.05, 4.69) is 9.72 Å². The first-order valence-electron chi connectivity index (χ1n) is 7.81. The van der Waals surface area contributed by atoms with E-state index in [-0.39, 0.29) is 11.3 Å². The highest BCUT2D eigenvalue weighted by molar-refractivity contribution is 6.30. The summed E-state index contributed by atoms with van der Waals surface area (Å²) in [7, 11) is 0. The predicted octanol–water partition coefficient (Wildman–Crippen LogP) is 3.52. The number of pyridine rings is 1. The van der Waals surface area contributed by atoms with Crippen LogP contribution in [0.1, 0.15) is 24.0 Å². The van der Waals surface area contributed by atoms with Crippen molar-refractivity contribution in [2.45, 2.75) is 31.4 Å². The van der Waals surface area contributed by atoms with Gasteiger partial charge in [-0.15, -0.1) is 0 Å². The Bertz CT molecular complexity index is 874. The Morgan fingerprint density at radius 3 is 3.04 bits per heavy atom. The Hall–Kier alpha value is -2.46. The zero-order valence-corrected chi connectivity index (χ0v) is 13.8. The first kappa shape index (κ1) is 16.0. The summed E-state index contributed by atoms with van der Waals surface area (Å²) in [6.07, 6.45) is 6.98. The summed E-state index contributed by atoms with van der Waals surface area (Å²) < 4.78 is 30.1. The van der Waals surface area contributed by atoms with Crippen LogP contribution < -0.4 is 0 Å². The molecule has 1 spiro atoms. The van der Waals surface area contributed by atoms with E-state index in [1.807, 2.05) is 12.1 Å². The van der Waals surface area contributed by atoms with E-state index < -0.39 is 12.2 Å². The lowest BCUT2D eigenvalue weighted by molar-refractivity contribution is -0.0906. The summed E-state index contributed by atoms with van der Waals surface area (Å²) in [5.41, 5.74) is 1.56. The molecule has 25 heavy (non-hydrogen) atoms. The predicted molar refractivity (Wildman–Crippen MR) is 86.9 cm³/mol. The highest BCUT2D eigenvalue weighted by atomic mass is 35.5. The Kier molecular flexibility index (Phi) is 3.73. The summed E-state index contributed by atoms with van der Waals surface area (Å²) >= 11 is 6.24. The third kappa shape index (κ3) is 2.57. The molecule has 5 nitrogen and oxygen atoms in total. The lowest BCUT2D eigenvalue weighted by Gasteiger charge is -2.33. The number of amidine groups is 1. The maximum Gasteiger partial charge on any atom is 0.387 e. The van der Waals surface area contributed by atoms with E-state index in [0.717, 1.165) is 30.4 Å². The van der Waals surface area contributed by atoms with Crippen molar-refractivity contribution in [2.24, 2.45) is 4.99 Å². The van der Waals surface area contributed by atoms with Gasteiger partial charge in [-0.2, -0.15) is 14.0 Å². The number of ether oxygens (including phenoxy) is 1. The molecule has 0 amide bonds. The lowest BCUT2D eigenvalue weighted by Crippen LogP contribution is -2.36. The minimum Gasteiger partial charge on any atom is -0.431 e. The fourth-order valence-corrected chi connectivity index (χ4v) is 3.98. The van der Waals surface area contributed by atoms with Crippen LogP contribution in [-0.2, 0) is 16.7 Å². The van der Waals surface area contributed by atoms with Gasteiger partial charge in [-0.1, -0.05) is 11.6 Å². The normalized spacial score (nSPS) is 24.3. The van der Waals surface area contributed by atoms with Crippen LogP contribution in [-0.4, -0.2) is 28.9 Å². The van der Waals surface area contributed by atoms with Crippen LogP contribution in [0.4, 0.5) is 8.78 Å². The van der Waals surface area contributed by atoms with Crippen molar-refractivity contribution in [3.63, 3.8) is 0 Å². The molecule has 128 valence electrons. The molecular weight excluding hydrogens is 350 g/mol. The zero-order chi connectivity index (χ0) is 17.6. The number of hydrogen-bond donors (Lipinski definition) is 0. The van der Waals surface area contributed by atoms with Crippen molar-refractivity contribution in [1.29, 1.82) is 5.26 Å². The standard InChI is InChI=1S/C17H13ClF2N4O/c18-14-11-2-1-4-17(12(11)3-5-22-14)9-24-8-10(7-21)6-13(15(24)23-17)25-16(19)20/h3,5-6,8,16H,1-2,4,9H2/t17-/m1/s1. The average molecular weight is 363 g/mol. The number of nitriles is 1. The molecular formula is C17H13ClF2N4O. The summed E-state index contributed by atoms with van der Waals surface area (Å²) in [5, 5.41) is 9.61. The second kappa shape index (κ2) is 5.81. The Morgan fingerprint density at radius 2 is 2.28 bits per heavy atom. The van der Waals surface area contributed by atoms with E-state index in [1.165, 1.54) is 6.08 Å². The highest BCUT2D eigenvalue weighted by Gasteiger charge is 2.46.